The van der Waals surface area contributed by atoms with Gasteiger partial charge < -0.3 is 9.88 Å². The summed E-state index contributed by atoms with van der Waals surface area (Å²) in [7, 11) is 0. The zero-order valence-electron chi connectivity index (χ0n) is 13.8. The second kappa shape index (κ2) is 6.24. The van der Waals surface area contributed by atoms with E-state index in [2.05, 4.69) is 28.1 Å². The Balaban J connectivity index is 1.97. The van der Waals surface area contributed by atoms with Crippen molar-refractivity contribution in [1.82, 2.24) is 19.9 Å². The van der Waals surface area contributed by atoms with E-state index in [1.165, 1.54) is 0 Å². The molecule has 2 aromatic heterocycles. The largest absolute Gasteiger partial charge is 0.334 e. The lowest BCUT2D eigenvalue weighted by Crippen LogP contribution is -2.39. The number of imidazole rings is 1. The van der Waals surface area contributed by atoms with Crippen LogP contribution < -0.4 is 10.7 Å². The van der Waals surface area contributed by atoms with Gasteiger partial charge in [-0.15, -0.1) is 0 Å². The van der Waals surface area contributed by atoms with Gasteiger partial charge in [-0.2, -0.15) is 0 Å². The second-order valence-electron chi connectivity index (χ2n) is 5.91. The molecule has 5 nitrogen and oxygen atoms in total. The summed E-state index contributed by atoms with van der Waals surface area (Å²) in [5, 5.41) is 1.52. The first-order chi connectivity index (χ1) is 11.4. The molecule has 0 fully saturated rings. The Hall–Kier alpha value is -2.40. The van der Waals surface area contributed by atoms with Crippen LogP contribution in [0.15, 0.2) is 29.9 Å². The third-order valence-corrected chi connectivity index (χ3v) is 4.72. The van der Waals surface area contributed by atoms with Gasteiger partial charge in [0.2, 0.25) is 0 Å². The summed E-state index contributed by atoms with van der Waals surface area (Å²) in [6.07, 6.45) is 2.52. The monoisotopic (exact) mass is 342 g/mol. The van der Waals surface area contributed by atoms with Gasteiger partial charge in [-0.05, 0) is 31.1 Å². The normalized spacial score (nSPS) is 18.1. The zero-order valence-corrected chi connectivity index (χ0v) is 14.5. The minimum Gasteiger partial charge on any atom is -0.334 e. The molecule has 24 heavy (non-hydrogen) atoms. The lowest BCUT2D eigenvalue weighted by atomic mass is 9.98. The molecule has 1 aliphatic rings. The topological polar surface area (TPSA) is 61.9 Å². The van der Waals surface area contributed by atoms with E-state index >= 15 is 0 Å². The number of carbonyl (C=O) groups excluding carboxylic acids is 1. The number of halogens is 1. The minimum absolute atomic E-state index is 0.0511. The average molecular weight is 343 g/mol. The summed E-state index contributed by atoms with van der Waals surface area (Å²) in [5.74, 6) is 0.118. The quantitative estimate of drug-likeness (QED) is 0.906. The standard InChI is InChI=1S/C18H19ClN4O/c1-10(11(2)19)16-12(3)21-17(22-16)18(24)23-9-7-15-14(13(23)4)6-5-8-20-15/h5-6,8,13H,2-3,7,9H2,1,4H3,(H,21,22)/b16-10+. The lowest BCUT2D eigenvalue weighted by Gasteiger charge is -2.34. The van der Waals surface area contributed by atoms with Crippen molar-refractivity contribution in [2.24, 2.45) is 0 Å². The number of amides is 1. The molecule has 1 aliphatic heterocycles. The fourth-order valence-electron chi connectivity index (χ4n) is 2.99. The molecule has 0 aliphatic carbocycles. The van der Waals surface area contributed by atoms with Crippen LogP contribution in [0.1, 0.15) is 41.8 Å². The molecule has 1 unspecified atom stereocenters. The highest BCUT2D eigenvalue weighted by Gasteiger charge is 2.30. The Morgan fingerprint density at radius 1 is 1.50 bits per heavy atom. The van der Waals surface area contributed by atoms with E-state index in [0.717, 1.165) is 17.7 Å². The summed E-state index contributed by atoms with van der Waals surface area (Å²) in [6, 6.07) is 3.86. The van der Waals surface area contributed by atoms with E-state index in [1.807, 2.05) is 19.1 Å². The van der Waals surface area contributed by atoms with E-state index in [4.69, 9.17) is 11.6 Å². The number of allylic oxidation sites excluding steroid dienone is 1. The Bertz CT molecular complexity index is 931. The van der Waals surface area contributed by atoms with Crippen molar-refractivity contribution >= 4 is 29.7 Å². The molecule has 0 aromatic carbocycles. The van der Waals surface area contributed by atoms with Crippen LogP contribution in [0.25, 0.3) is 12.2 Å². The van der Waals surface area contributed by atoms with E-state index in [-0.39, 0.29) is 17.8 Å². The number of rotatable bonds is 2. The second-order valence-corrected chi connectivity index (χ2v) is 6.36. The summed E-state index contributed by atoms with van der Waals surface area (Å²) in [4.78, 5) is 26.5. The van der Waals surface area contributed by atoms with Crippen LogP contribution in [0, 0.1) is 0 Å². The van der Waals surface area contributed by atoms with Gasteiger partial charge >= 0.3 is 0 Å². The fraction of sp³-hybridized carbons (Fsp3) is 0.278. The summed E-state index contributed by atoms with van der Waals surface area (Å²) < 4.78 is 0. The van der Waals surface area contributed by atoms with Crippen molar-refractivity contribution in [1.29, 1.82) is 0 Å². The van der Waals surface area contributed by atoms with Gasteiger partial charge in [-0.1, -0.05) is 30.8 Å². The molecule has 1 atom stereocenters. The molecule has 1 N–H and O–H groups in total. The lowest BCUT2D eigenvalue weighted by molar-refractivity contribution is 0.0664. The molecule has 0 spiro atoms. The van der Waals surface area contributed by atoms with Gasteiger partial charge in [0.15, 0.2) is 5.82 Å². The summed E-state index contributed by atoms with van der Waals surface area (Å²) >= 11 is 5.94. The number of pyridine rings is 1. The number of carbonyl (C=O) groups is 1. The smallest absolute Gasteiger partial charge is 0.290 e. The van der Waals surface area contributed by atoms with Gasteiger partial charge in [-0.3, -0.25) is 9.78 Å². The third kappa shape index (κ3) is 2.76. The summed E-state index contributed by atoms with van der Waals surface area (Å²) in [5.41, 5.74) is 2.84. The maximum absolute atomic E-state index is 12.9. The van der Waals surface area contributed by atoms with Crippen molar-refractivity contribution in [3.63, 3.8) is 0 Å². The molecule has 0 radical (unpaired) electrons. The van der Waals surface area contributed by atoms with E-state index < -0.39 is 0 Å². The van der Waals surface area contributed by atoms with Gasteiger partial charge in [0.25, 0.3) is 5.91 Å². The molecule has 0 bridgehead atoms. The third-order valence-electron chi connectivity index (χ3n) is 4.44. The number of fused-ring (bicyclic) bond motifs is 1. The number of H-pyrrole nitrogens is 1. The number of aromatic amines is 1. The van der Waals surface area contributed by atoms with Crippen LogP contribution in [0.5, 0.6) is 0 Å². The Morgan fingerprint density at radius 3 is 2.96 bits per heavy atom. The SMILES string of the molecule is C=C(Cl)/C(C)=c1/nc(C(=O)N2CCc3ncccc3C2C)[nH]c1=C. The molecule has 2 aromatic rings. The number of nitrogens with zero attached hydrogens (tertiary/aromatic N) is 3. The number of hydrogen-bond donors (Lipinski definition) is 1. The Kier molecular flexibility index (Phi) is 4.28. The summed E-state index contributed by atoms with van der Waals surface area (Å²) in [6.45, 7) is 12.0. The molecular weight excluding hydrogens is 324 g/mol. The predicted molar refractivity (Wildman–Crippen MR) is 94.8 cm³/mol. The van der Waals surface area contributed by atoms with Gasteiger partial charge in [0, 0.05) is 29.9 Å². The van der Waals surface area contributed by atoms with Crippen molar-refractivity contribution < 1.29 is 4.79 Å². The molecule has 0 saturated carbocycles. The highest BCUT2D eigenvalue weighted by atomic mass is 35.5. The zero-order chi connectivity index (χ0) is 17.4. The highest BCUT2D eigenvalue weighted by molar-refractivity contribution is 6.35. The minimum atomic E-state index is -0.152. The van der Waals surface area contributed by atoms with E-state index in [1.54, 1.807) is 18.0 Å². The molecule has 6 heteroatoms. The molecule has 3 heterocycles. The van der Waals surface area contributed by atoms with Gasteiger partial charge in [-0.25, -0.2) is 4.98 Å². The van der Waals surface area contributed by atoms with Crippen LogP contribution in [0.4, 0.5) is 0 Å². The fourth-order valence-corrected chi connectivity index (χ4v) is 3.08. The van der Waals surface area contributed by atoms with Gasteiger partial charge in [0.05, 0.1) is 16.7 Å². The average Bonchev–Trinajstić information content (AvgIpc) is 2.96. The highest BCUT2D eigenvalue weighted by Crippen LogP contribution is 2.28. The predicted octanol–water partition coefficient (Wildman–Crippen LogP) is 1.90. The number of nitrogens with one attached hydrogen (secondary N) is 1. The molecular formula is C18H19ClN4O. The van der Waals surface area contributed by atoms with Crippen LogP contribution in [0.2, 0.25) is 0 Å². The first kappa shape index (κ1) is 16.5. The maximum atomic E-state index is 12.9. The first-order valence-corrected chi connectivity index (χ1v) is 8.13. The molecule has 124 valence electrons. The van der Waals surface area contributed by atoms with Crippen LogP contribution in [-0.2, 0) is 6.42 Å². The van der Waals surface area contributed by atoms with Gasteiger partial charge in [0.1, 0.15) is 0 Å². The van der Waals surface area contributed by atoms with Crippen LogP contribution in [-0.4, -0.2) is 32.3 Å². The molecule has 0 saturated heterocycles. The van der Waals surface area contributed by atoms with E-state index in [9.17, 15) is 4.79 Å². The van der Waals surface area contributed by atoms with Crippen molar-refractivity contribution in [2.75, 3.05) is 6.54 Å². The van der Waals surface area contributed by atoms with Crippen LogP contribution in [0.3, 0.4) is 0 Å². The van der Waals surface area contributed by atoms with Crippen molar-refractivity contribution in [2.45, 2.75) is 26.3 Å². The van der Waals surface area contributed by atoms with Crippen molar-refractivity contribution in [3.8, 4) is 0 Å². The first-order valence-electron chi connectivity index (χ1n) is 7.75. The molecule has 3 rings (SSSR count). The van der Waals surface area contributed by atoms with E-state index in [0.29, 0.717) is 27.8 Å². The van der Waals surface area contributed by atoms with Crippen LogP contribution >= 0.6 is 11.6 Å². The number of aromatic nitrogens is 3. The number of hydrogen-bond acceptors (Lipinski definition) is 3. The molecule has 1 amide bonds. The maximum Gasteiger partial charge on any atom is 0.290 e. The van der Waals surface area contributed by atoms with Crippen molar-refractivity contribution in [3.05, 3.63) is 57.7 Å². The Morgan fingerprint density at radius 2 is 2.25 bits per heavy atom. The Labute approximate surface area is 145 Å².